The van der Waals surface area contributed by atoms with Crippen molar-refractivity contribution in [3.63, 3.8) is 0 Å². The van der Waals surface area contributed by atoms with Crippen molar-refractivity contribution >= 4 is 13.9 Å². The number of rotatable bonds is 7. The number of carbonyl (C=O) groups is 1. The first kappa shape index (κ1) is 19.7. The van der Waals surface area contributed by atoms with Gasteiger partial charge in [0.05, 0.1) is 0 Å². The second-order valence-corrected chi connectivity index (χ2v) is 14.5. The lowest BCUT2D eigenvalue weighted by atomic mass is 10.0. The van der Waals surface area contributed by atoms with E-state index in [4.69, 9.17) is 4.74 Å². The fraction of sp³-hybridized carbons (Fsp3) is 0.348. The van der Waals surface area contributed by atoms with Crippen LogP contribution in [-0.4, -0.2) is 35.5 Å². The lowest BCUT2D eigenvalue weighted by molar-refractivity contribution is 0.0682. The SMILES string of the molecule is CC(=O)c1nn(COCC[Si](C)(C)C)nc1-c1ccc2c(c1)Cc1ccccc1-2. The van der Waals surface area contributed by atoms with Gasteiger partial charge in [0, 0.05) is 27.2 Å². The Morgan fingerprint density at radius 1 is 1.07 bits per heavy atom. The van der Waals surface area contributed by atoms with Gasteiger partial charge < -0.3 is 4.74 Å². The van der Waals surface area contributed by atoms with Crippen LogP contribution in [-0.2, 0) is 17.9 Å². The fourth-order valence-corrected chi connectivity index (χ4v) is 4.41. The van der Waals surface area contributed by atoms with E-state index in [-0.39, 0.29) is 12.5 Å². The molecule has 3 aromatic rings. The molecule has 1 heterocycles. The second-order valence-electron chi connectivity index (χ2n) is 8.88. The quantitative estimate of drug-likeness (QED) is 0.246. The molecule has 2 aromatic carbocycles. The van der Waals surface area contributed by atoms with Crippen LogP contribution in [0.1, 0.15) is 28.5 Å². The van der Waals surface area contributed by atoms with Gasteiger partial charge in [-0.2, -0.15) is 9.90 Å². The van der Waals surface area contributed by atoms with E-state index in [0.29, 0.717) is 18.0 Å². The lowest BCUT2D eigenvalue weighted by Crippen LogP contribution is -2.22. The molecule has 150 valence electrons. The molecule has 0 saturated heterocycles. The molecule has 0 unspecified atom stereocenters. The number of nitrogens with zero attached hydrogens (tertiary/aromatic N) is 3. The van der Waals surface area contributed by atoms with Crippen LogP contribution in [0.3, 0.4) is 0 Å². The van der Waals surface area contributed by atoms with Crippen molar-refractivity contribution in [2.45, 2.75) is 45.8 Å². The van der Waals surface area contributed by atoms with Gasteiger partial charge in [0.2, 0.25) is 0 Å². The van der Waals surface area contributed by atoms with E-state index in [1.54, 1.807) is 0 Å². The molecule has 0 radical (unpaired) electrons. The highest BCUT2D eigenvalue weighted by atomic mass is 28.3. The van der Waals surface area contributed by atoms with Gasteiger partial charge in [-0.15, -0.1) is 5.10 Å². The summed E-state index contributed by atoms with van der Waals surface area (Å²) in [5, 5.41) is 8.98. The molecule has 0 amide bonds. The molecule has 0 bridgehead atoms. The van der Waals surface area contributed by atoms with Crippen LogP contribution in [0.5, 0.6) is 0 Å². The van der Waals surface area contributed by atoms with Crippen LogP contribution < -0.4 is 0 Å². The Bertz CT molecular complexity index is 1070. The molecule has 0 atom stereocenters. The fourth-order valence-electron chi connectivity index (χ4n) is 3.65. The summed E-state index contributed by atoms with van der Waals surface area (Å²) in [4.78, 5) is 13.7. The maximum absolute atomic E-state index is 12.2. The number of aromatic nitrogens is 3. The third kappa shape index (κ3) is 4.23. The maximum atomic E-state index is 12.2. The van der Waals surface area contributed by atoms with E-state index < -0.39 is 8.07 Å². The zero-order valence-electron chi connectivity index (χ0n) is 17.5. The summed E-state index contributed by atoms with van der Waals surface area (Å²) in [6, 6.07) is 15.9. The highest BCUT2D eigenvalue weighted by Gasteiger charge is 2.22. The lowest BCUT2D eigenvalue weighted by Gasteiger charge is -2.14. The molecule has 1 aliphatic carbocycles. The Morgan fingerprint density at radius 3 is 2.59 bits per heavy atom. The summed E-state index contributed by atoms with van der Waals surface area (Å²) in [6.07, 6.45) is 0.905. The van der Waals surface area contributed by atoms with Crippen LogP contribution in [0.2, 0.25) is 25.7 Å². The van der Waals surface area contributed by atoms with E-state index in [2.05, 4.69) is 66.2 Å². The average Bonchev–Trinajstić information content (AvgIpc) is 3.25. The van der Waals surface area contributed by atoms with E-state index in [9.17, 15) is 4.79 Å². The molecule has 0 aliphatic heterocycles. The van der Waals surface area contributed by atoms with E-state index >= 15 is 0 Å². The first-order chi connectivity index (χ1) is 13.8. The summed E-state index contributed by atoms with van der Waals surface area (Å²) >= 11 is 0. The van der Waals surface area contributed by atoms with Gasteiger partial charge in [-0.1, -0.05) is 56.0 Å². The van der Waals surface area contributed by atoms with Crippen molar-refractivity contribution in [2.75, 3.05) is 6.61 Å². The van der Waals surface area contributed by atoms with Crippen molar-refractivity contribution in [2.24, 2.45) is 0 Å². The largest absolute Gasteiger partial charge is 0.358 e. The standard InChI is InChI=1S/C23H27N3O2Si/c1-16(27)22-23(25-26(24-22)15-28-11-12-29(2,3)4)18-9-10-21-19(14-18)13-17-7-5-6-8-20(17)21/h5-10,14H,11-13,15H2,1-4H3. The molecule has 0 fully saturated rings. The van der Waals surface area contributed by atoms with Crippen LogP contribution in [0.25, 0.3) is 22.4 Å². The smallest absolute Gasteiger partial charge is 0.182 e. The molecular formula is C23H27N3O2Si. The topological polar surface area (TPSA) is 57.0 Å². The third-order valence-electron chi connectivity index (χ3n) is 5.26. The van der Waals surface area contributed by atoms with Gasteiger partial charge in [-0.3, -0.25) is 4.79 Å². The Hall–Kier alpha value is -2.57. The molecule has 0 spiro atoms. The summed E-state index contributed by atoms with van der Waals surface area (Å²) in [6.45, 7) is 9.45. The summed E-state index contributed by atoms with van der Waals surface area (Å²) < 4.78 is 5.76. The molecular weight excluding hydrogens is 378 g/mol. The van der Waals surface area contributed by atoms with Crippen LogP contribution >= 0.6 is 0 Å². The molecule has 0 N–H and O–H groups in total. The highest BCUT2D eigenvalue weighted by molar-refractivity contribution is 6.76. The average molecular weight is 406 g/mol. The number of carbonyl (C=O) groups excluding carboxylic acids is 1. The normalized spacial score (nSPS) is 12.7. The molecule has 1 aliphatic rings. The monoisotopic (exact) mass is 405 g/mol. The number of ether oxygens (including phenoxy) is 1. The number of benzene rings is 2. The van der Waals surface area contributed by atoms with E-state index in [1.807, 2.05) is 6.07 Å². The molecule has 6 heteroatoms. The molecule has 4 rings (SSSR count). The Morgan fingerprint density at radius 2 is 1.83 bits per heavy atom. The highest BCUT2D eigenvalue weighted by Crippen LogP contribution is 2.38. The van der Waals surface area contributed by atoms with Gasteiger partial charge in [-0.25, -0.2) is 0 Å². The molecule has 5 nitrogen and oxygen atoms in total. The number of ketones is 1. The number of fused-ring (bicyclic) bond motifs is 3. The van der Waals surface area contributed by atoms with Crippen molar-refractivity contribution in [1.82, 2.24) is 15.0 Å². The second kappa shape index (κ2) is 7.69. The van der Waals surface area contributed by atoms with Crippen molar-refractivity contribution in [3.8, 4) is 22.4 Å². The van der Waals surface area contributed by atoms with Crippen LogP contribution in [0.15, 0.2) is 42.5 Å². The Balaban J connectivity index is 1.58. The zero-order chi connectivity index (χ0) is 20.6. The minimum atomic E-state index is -1.14. The number of hydrogen-bond acceptors (Lipinski definition) is 4. The number of hydrogen-bond donors (Lipinski definition) is 0. The summed E-state index contributed by atoms with van der Waals surface area (Å²) in [5.41, 5.74) is 7.11. The van der Waals surface area contributed by atoms with Crippen molar-refractivity contribution in [1.29, 1.82) is 0 Å². The summed E-state index contributed by atoms with van der Waals surface area (Å²) in [5.74, 6) is -0.0860. The maximum Gasteiger partial charge on any atom is 0.182 e. The van der Waals surface area contributed by atoms with Crippen LogP contribution in [0, 0.1) is 0 Å². The van der Waals surface area contributed by atoms with Gasteiger partial charge in [0.25, 0.3) is 0 Å². The van der Waals surface area contributed by atoms with E-state index in [1.165, 1.54) is 34.0 Å². The Kier molecular flexibility index (Phi) is 5.23. The van der Waals surface area contributed by atoms with Gasteiger partial charge in [0.15, 0.2) is 18.2 Å². The predicted molar refractivity (Wildman–Crippen MR) is 118 cm³/mol. The Labute approximate surface area is 172 Å². The van der Waals surface area contributed by atoms with Gasteiger partial charge in [0.1, 0.15) is 5.69 Å². The number of Topliss-reactive ketones (excluding diaryl/α,β-unsaturated/α-hetero) is 1. The molecule has 29 heavy (non-hydrogen) atoms. The minimum absolute atomic E-state index is 0.0860. The third-order valence-corrected chi connectivity index (χ3v) is 6.96. The van der Waals surface area contributed by atoms with E-state index in [0.717, 1.165) is 18.0 Å². The zero-order valence-corrected chi connectivity index (χ0v) is 18.5. The van der Waals surface area contributed by atoms with Crippen molar-refractivity contribution < 1.29 is 9.53 Å². The first-order valence-corrected chi connectivity index (χ1v) is 13.8. The van der Waals surface area contributed by atoms with Crippen molar-refractivity contribution in [3.05, 3.63) is 59.3 Å². The van der Waals surface area contributed by atoms with Gasteiger partial charge in [-0.05, 0) is 40.8 Å². The molecule has 1 aromatic heterocycles. The van der Waals surface area contributed by atoms with Crippen LogP contribution in [0.4, 0.5) is 0 Å². The molecule has 0 saturated carbocycles. The van der Waals surface area contributed by atoms with Gasteiger partial charge >= 0.3 is 0 Å². The summed E-state index contributed by atoms with van der Waals surface area (Å²) in [7, 11) is -1.14. The minimum Gasteiger partial charge on any atom is -0.358 e. The predicted octanol–water partition coefficient (Wildman–Crippen LogP) is 5.03. The first-order valence-electron chi connectivity index (χ1n) is 10.1.